The van der Waals surface area contributed by atoms with Crippen molar-refractivity contribution >= 4 is 17.4 Å². The summed E-state index contributed by atoms with van der Waals surface area (Å²) in [6, 6.07) is 12.9. The predicted molar refractivity (Wildman–Crippen MR) is 103 cm³/mol. The van der Waals surface area contributed by atoms with Gasteiger partial charge in [-0.05, 0) is 48.0 Å². The van der Waals surface area contributed by atoms with Crippen molar-refractivity contribution in [2.24, 2.45) is 0 Å². The van der Waals surface area contributed by atoms with Gasteiger partial charge >= 0.3 is 0 Å². The lowest BCUT2D eigenvalue weighted by Gasteiger charge is -2.24. The molecule has 1 atom stereocenters. The summed E-state index contributed by atoms with van der Waals surface area (Å²) in [6.07, 6.45) is 4.77. The van der Waals surface area contributed by atoms with Gasteiger partial charge in [-0.15, -0.1) is 0 Å². The van der Waals surface area contributed by atoms with E-state index in [1.54, 1.807) is 48.9 Å². The van der Waals surface area contributed by atoms with Crippen molar-refractivity contribution in [3.63, 3.8) is 0 Å². The first-order valence-corrected chi connectivity index (χ1v) is 8.90. The molecule has 0 aliphatic carbocycles. The summed E-state index contributed by atoms with van der Waals surface area (Å²) in [4.78, 5) is 35.4. The summed E-state index contributed by atoms with van der Waals surface area (Å²) in [5.41, 5.74) is 1.34. The Morgan fingerprint density at radius 1 is 1.03 bits per heavy atom. The maximum atomic E-state index is 13.3. The van der Waals surface area contributed by atoms with Crippen molar-refractivity contribution in [3.05, 3.63) is 101 Å². The van der Waals surface area contributed by atoms with Gasteiger partial charge in [0, 0.05) is 30.7 Å². The number of likely N-dealkylation sites (tertiary alicyclic amines) is 1. The standard InChI is InChI=1S/C22H16FN3O3/c23-16-8-6-15(7-9-16)20(27)18-19(17-5-1-2-11-25-17)26(22(29)21(18)28)13-14-4-3-10-24-12-14/h1-12,19,27H,13H2/b20-18+/t19-/m1/s1. The maximum Gasteiger partial charge on any atom is 0.296 e. The SMILES string of the molecule is O=C1C(=O)N(Cc2cccnc2)[C@H](c2ccccn2)/C1=C(\O)c1ccc(F)cc1. The van der Waals surface area contributed by atoms with E-state index >= 15 is 0 Å². The average Bonchev–Trinajstić information content (AvgIpc) is 3.00. The van der Waals surface area contributed by atoms with Crippen LogP contribution in [0.25, 0.3) is 5.76 Å². The molecule has 0 bridgehead atoms. The Morgan fingerprint density at radius 2 is 1.83 bits per heavy atom. The molecule has 0 unspecified atom stereocenters. The number of carbonyl (C=O) groups is 2. The number of aliphatic hydroxyl groups excluding tert-OH is 1. The molecule has 7 heteroatoms. The molecule has 144 valence electrons. The molecule has 0 saturated carbocycles. The Balaban J connectivity index is 1.85. The van der Waals surface area contributed by atoms with E-state index in [0.717, 1.165) is 5.56 Å². The fourth-order valence-electron chi connectivity index (χ4n) is 3.34. The Kier molecular flexibility index (Phi) is 4.87. The van der Waals surface area contributed by atoms with Gasteiger partial charge in [0.25, 0.3) is 11.7 Å². The Morgan fingerprint density at radius 3 is 2.48 bits per heavy atom. The zero-order valence-electron chi connectivity index (χ0n) is 15.2. The molecule has 1 aromatic carbocycles. The van der Waals surface area contributed by atoms with Crippen LogP contribution in [-0.4, -0.2) is 31.7 Å². The van der Waals surface area contributed by atoms with Crippen molar-refractivity contribution in [3.8, 4) is 0 Å². The largest absolute Gasteiger partial charge is 0.507 e. The number of Topliss-reactive ketones (excluding diaryl/α,β-unsaturated/α-hetero) is 1. The van der Waals surface area contributed by atoms with E-state index in [1.165, 1.54) is 29.2 Å². The van der Waals surface area contributed by atoms with Crippen LogP contribution in [0.5, 0.6) is 0 Å². The minimum absolute atomic E-state index is 0.0794. The fourth-order valence-corrected chi connectivity index (χ4v) is 3.34. The lowest BCUT2D eigenvalue weighted by Crippen LogP contribution is -2.29. The van der Waals surface area contributed by atoms with Crippen molar-refractivity contribution in [2.45, 2.75) is 12.6 Å². The Hall–Kier alpha value is -3.87. The number of hydrogen-bond donors (Lipinski definition) is 1. The van der Waals surface area contributed by atoms with Gasteiger partial charge < -0.3 is 10.0 Å². The van der Waals surface area contributed by atoms with Gasteiger partial charge in [0.05, 0.1) is 11.3 Å². The second kappa shape index (κ2) is 7.63. The van der Waals surface area contributed by atoms with Crippen LogP contribution in [0.1, 0.15) is 22.9 Å². The Labute approximate surface area is 166 Å². The quantitative estimate of drug-likeness (QED) is 0.421. The molecule has 0 radical (unpaired) electrons. The molecule has 4 rings (SSSR count). The molecule has 1 aliphatic heterocycles. The monoisotopic (exact) mass is 389 g/mol. The molecule has 3 heterocycles. The number of hydrogen-bond acceptors (Lipinski definition) is 5. The van der Waals surface area contributed by atoms with E-state index < -0.39 is 23.5 Å². The van der Waals surface area contributed by atoms with Crippen molar-refractivity contribution in [2.75, 3.05) is 0 Å². The molecular weight excluding hydrogens is 373 g/mol. The van der Waals surface area contributed by atoms with Crippen molar-refractivity contribution < 1.29 is 19.1 Å². The number of ketones is 1. The number of halogens is 1. The predicted octanol–water partition coefficient (Wildman–Crippen LogP) is 3.24. The van der Waals surface area contributed by atoms with Crippen LogP contribution in [0.4, 0.5) is 4.39 Å². The minimum atomic E-state index is -0.874. The summed E-state index contributed by atoms with van der Waals surface area (Å²) in [7, 11) is 0. The molecule has 6 nitrogen and oxygen atoms in total. The summed E-state index contributed by atoms with van der Waals surface area (Å²) in [5, 5.41) is 10.8. The van der Waals surface area contributed by atoms with Crippen LogP contribution in [0, 0.1) is 5.82 Å². The highest BCUT2D eigenvalue weighted by molar-refractivity contribution is 6.46. The van der Waals surface area contributed by atoms with Gasteiger partial charge in [0.1, 0.15) is 17.6 Å². The zero-order chi connectivity index (χ0) is 20.4. The molecule has 29 heavy (non-hydrogen) atoms. The first-order valence-electron chi connectivity index (χ1n) is 8.90. The zero-order valence-corrected chi connectivity index (χ0v) is 15.2. The van der Waals surface area contributed by atoms with Crippen LogP contribution in [0.15, 0.2) is 78.8 Å². The smallest absolute Gasteiger partial charge is 0.296 e. The Bertz CT molecular complexity index is 1080. The highest BCUT2D eigenvalue weighted by Gasteiger charge is 2.46. The number of pyridine rings is 2. The third kappa shape index (κ3) is 3.50. The van der Waals surface area contributed by atoms with E-state index in [-0.39, 0.29) is 23.4 Å². The van der Waals surface area contributed by atoms with E-state index in [2.05, 4.69) is 9.97 Å². The van der Waals surface area contributed by atoms with Crippen LogP contribution in [0.2, 0.25) is 0 Å². The fraction of sp³-hybridized carbons (Fsp3) is 0.0909. The van der Waals surface area contributed by atoms with Crippen molar-refractivity contribution in [1.29, 1.82) is 0 Å². The number of aromatic nitrogens is 2. The van der Waals surface area contributed by atoms with E-state index in [4.69, 9.17) is 0 Å². The number of nitrogens with zero attached hydrogens (tertiary/aromatic N) is 3. The third-order valence-corrected chi connectivity index (χ3v) is 4.70. The summed E-state index contributed by atoms with van der Waals surface area (Å²) < 4.78 is 13.3. The summed E-state index contributed by atoms with van der Waals surface area (Å²) in [5.74, 6) is -2.40. The maximum absolute atomic E-state index is 13.3. The molecule has 1 saturated heterocycles. The average molecular weight is 389 g/mol. The molecule has 3 aromatic rings. The summed E-state index contributed by atoms with van der Waals surface area (Å²) >= 11 is 0. The van der Waals surface area contributed by atoms with Gasteiger partial charge in [-0.2, -0.15) is 0 Å². The number of aliphatic hydroxyl groups is 1. The molecule has 1 fully saturated rings. The minimum Gasteiger partial charge on any atom is -0.507 e. The van der Waals surface area contributed by atoms with Crippen LogP contribution in [-0.2, 0) is 16.1 Å². The molecule has 0 spiro atoms. The third-order valence-electron chi connectivity index (χ3n) is 4.70. The molecular formula is C22H16FN3O3. The number of benzene rings is 1. The lowest BCUT2D eigenvalue weighted by atomic mass is 9.98. The van der Waals surface area contributed by atoms with Crippen LogP contribution >= 0.6 is 0 Å². The van der Waals surface area contributed by atoms with E-state index in [9.17, 15) is 19.1 Å². The van der Waals surface area contributed by atoms with Crippen molar-refractivity contribution in [1.82, 2.24) is 14.9 Å². The number of rotatable bonds is 4. The van der Waals surface area contributed by atoms with Gasteiger partial charge in [0.15, 0.2) is 0 Å². The normalized spacial score (nSPS) is 18.2. The second-order valence-electron chi connectivity index (χ2n) is 6.55. The highest BCUT2D eigenvalue weighted by atomic mass is 19.1. The van der Waals surface area contributed by atoms with E-state index in [0.29, 0.717) is 5.69 Å². The topological polar surface area (TPSA) is 83.4 Å². The van der Waals surface area contributed by atoms with Gasteiger partial charge in [-0.3, -0.25) is 19.6 Å². The van der Waals surface area contributed by atoms with Gasteiger partial charge in [-0.25, -0.2) is 4.39 Å². The lowest BCUT2D eigenvalue weighted by molar-refractivity contribution is -0.140. The summed E-state index contributed by atoms with van der Waals surface area (Å²) in [6.45, 7) is 0.125. The molecule has 1 N–H and O–H groups in total. The van der Waals surface area contributed by atoms with Gasteiger partial charge in [-0.1, -0.05) is 12.1 Å². The molecule has 1 aliphatic rings. The number of amides is 1. The van der Waals surface area contributed by atoms with Crippen LogP contribution in [0.3, 0.4) is 0 Å². The number of carbonyl (C=O) groups excluding carboxylic acids is 2. The first kappa shape index (κ1) is 18.5. The second-order valence-corrected chi connectivity index (χ2v) is 6.55. The van der Waals surface area contributed by atoms with Crippen LogP contribution < -0.4 is 0 Å². The molecule has 1 amide bonds. The molecule has 2 aromatic heterocycles. The van der Waals surface area contributed by atoms with E-state index in [1.807, 2.05) is 0 Å². The van der Waals surface area contributed by atoms with Gasteiger partial charge in [0.2, 0.25) is 0 Å². The first-order chi connectivity index (χ1) is 14.1. The highest BCUT2D eigenvalue weighted by Crippen LogP contribution is 2.39.